The first-order valence-corrected chi connectivity index (χ1v) is 9.34. The smallest absolute Gasteiger partial charge is 0.191 e. The number of guanidine groups is 1. The SMILES string of the molecule is CCNC(=NCc1cc(CC)no1)NCCCCc1ccc(OC)cc1. The van der Waals surface area contributed by atoms with Crippen LogP contribution in [-0.2, 0) is 19.4 Å². The average Bonchev–Trinajstić information content (AvgIpc) is 3.14. The van der Waals surface area contributed by atoms with E-state index in [-0.39, 0.29) is 0 Å². The number of aryl methyl sites for hydroxylation is 2. The molecule has 0 bridgehead atoms. The van der Waals surface area contributed by atoms with Crippen molar-refractivity contribution in [2.75, 3.05) is 20.2 Å². The summed E-state index contributed by atoms with van der Waals surface area (Å²) in [6.07, 6.45) is 4.15. The highest BCUT2D eigenvalue weighted by atomic mass is 16.5. The molecule has 0 aliphatic heterocycles. The van der Waals surface area contributed by atoms with Gasteiger partial charge in [0, 0.05) is 19.2 Å². The van der Waals surface area contributed by atoms with E-state index in [4.69, 9.17) is 9.26 Å². The Morgan fingerprint density at radius 1 is 1.15 bits per heavy atom. The van der Waals surface area contributed by atoms with Crippen molar-refractivity contribution in [1.82, 2.24) is 15.8 Å². The number of hydrogen-bond donors (Lipinski definition) is 2. The van der Waals surface area contributed by atoms with Crippen molar-refractivity contribution < 1.29 is 9.26 Å². The number of nitrogens with zero attached hydrogens (tertiary/aromatic N) is 2. The molecule has 0 saturated carbocycles. The molecule has 6 heteroatoms. The van der Waals surface area contributed by atoms with Crippen molar-refractivity contribution in [2.45, 2.75) is 46.1 Å². The van der Waals surface area contributed by atoms with Gasteiger partial charge in [-0.05, 0) is 50.3 Å². The number of aliphatic imine (C=N–C) groups is 1. The van der Waals surface area contributed by atoms with E-state index in [9.17, 15) is 0 Å². The third-order valence-corrected chi connectivity index (χ3v) is 4.05. The van der Waals surface area contributed by atoms with E-state index < -0.39 is 0 Å². The molecule has 0 amide bonds. The summed E-state index contributed by atoms with van der Waals surface area (Å²) in [5.41, 5.74) is 2.30. The van der Waals surface area contributed by atoms with Gasteiger partial charge in [0.05, 0.1) is 12.8 Å². The number of ether oxygens (including phenoxy) is 1. The zero-order valence-corrected chi connectivity index (χ0v) is 16.0. The van der Waals surface area contributed by atoms with Gasteiger partial charge in [-0.25, -0.2) is 4.99 Å². The van der Waals surface area contributed by atoms with E-state index in [0.29, 0.717) is 6.54 Å². The largest absolute Gasteiger partial charge is 0.497 e. The molecular formula is C20H30N4O2. The second-order valence-electron chi connectivity index (χ2n) is 6.07. The van der Waals surface area contributed by atoms with E-state index in [2.05, 4.69) is 46.8 Å². The average molecular weight is 358 g/mol. The van der Waals surface area contributed by atoms with E-state index in [1.54, 1.807) is 7.11 Å². The molecule has 2 rings (SSSR count). The highest BCUT2D eigenvalue weighted by Gasteiger charge is 2.03. The van der Waals surface area contributed by atoms with Gasteiger partial charge in [-0.1, -0.05) is 24.2 Å². The second-order valence-corrected chi connectivity index (χ2v) is 6.07. The van der Waals surface area contributed by atoms with Crippen LogP contribution in [0, 0.1) is 0 Å². The topological polar surface area (TPSA) is 71.7 Å². The van der Waals surface area contributed by atoms with Crippen molar-refractivity contribution >= 4 is 5.96 Å². The Morgan fingerprint density at radius 3 is 2.62 bits per heavy atom. The minimum Gasteiger partial charge on any atom is -0.497 e. The highest BCUT2D eigenvalue weighted by Crippen LogP contribution is 2.13. The minimum absolute atomic E-state index is 0.494. The zero-order valence-electron chi connectivity index (χ0n) is 16.0. The number of aromatic nitrogens is 1. The third kappa shape index (κ3) is 6.78. The fourth-order valence-electron chi connectivity index (χ4n) is 2.55. The number of rotatable bonds is 10. The Kier molecular flexibility index (Phi) is 8.52. The summed E-state index contributed by atoms with van der Waals surface area (Å²) in [5.74, 6) is 2.50. The molecule has 1 aromatic carbocycles. The minimum atomic E-state index is 0.494. The molecule has 0 radical (unpaired) electrons. The lowest BCUT2D eigenvalue weighted by atomic mass is 10.1. The molecule has 1 aromatic heterocycles. The molecule has 0 spiro atoms. The first-order chi connectivity index (χ1) is 12.7. The van der Waals surface area contributed by atoms with Crippen LogP contribution < -0.4 is 15.4 Å². The Balaban J connectivity index is 1.70. The van der Waals surface area contributed by atoms with E-state index in [0.717, 1.165) is 61.9 Å². The quantitative estimate of drug-likeness (QED) is 0.387. The molecule has 0 unspecified atom stereocenters. The molecule has 2 aromatic rings. The summed E-state index contributed by atoms with van der Waals surface area (Å²) in [6.45, 7) is 6.33. The Bertz CT molecular complexity index is 665. The number of hydrogen-bond acceptors (Lipinski definition) is 4. The molecule has 0 saturated heterocycles. The normalized spacial score (nSPS) is 11.4. The van der Waals surface area contributed by atoms with Gasteiger partial charge < -0.3 is 19.9 Å². The van der Waals surface area contributed by atoms with Crippen molar-refractivity contribution in [3.05, 3.63) is 47.3 Å². The van der Waals surface area contributed by atoms with Gasteiger partial charge in [0.1, 0.15) is 12.3 Å². The van der Waals surface area contributed by atoms with Crippen LogP contribution in [0.15, 0.2) is 39.8 Å². The lowest BCUT2D eigenvalue weighted by Crippen LogP contribution is -2.37. The summed E-state index contributed by atoms with van der Waals surface area (Å²) in [7, 11) is 1.69. The highest BCUT2D eigenvalue weighted by molar-refractivity contribution is 5.79. The monoisotopic (exact) mass is 358 g/mol. The van der Waals surface area contributed by atoms with Crippen LogP contribution in [0.1, 0.15) is 43.7 Å². The fraction of sp³-hybridized carbons (Fsp3) is 0.500. The Morgan fingerprint density at radius 2 is 1.96 bits per heavy atom. The molecule has 0 atom stereocenters. The molecule has 2 N–H and O–H groups in total. The lowest BCUT2D eigenvalue weighted by Gasteiger charge is -2.11. The molecule has 6 nitrogen and oxygen atoms in total. The van der Waals surface area contributed by atoms with Crippen LogP contribution in [0.5, 0.6) is 5.75 Å². The van der Waals surface area contributed by atoms with Crippen molar-refractivity contribution in [3.8, 4) is 5.75 Å². The standard InChI is InChI=1S/C20H30N4O2/c1-4-17-14-19(26-24-17)15-23-20(21-5-2)22-13-7-6-8-16-9-11-18(25-3)12-10-16/h9-12,14H,4-8,13,15H2,1-3H3,(H2,21,22,23). The molecule has 26 heavy (non-hydrogen) atoms. The van der Waals surface area contributed by atoms with Crippen LogP contribution in [-0.4, -0.2) is 31.3 Å². The predicted molar refractivity (Wildman–Crippen MR) is 105 cm³/mol. The van der Waals surface area contributed by atoms with Crippen LogP contribution in [0.3, 0.4) is 0 Å². The molecule has 1 heterocycles. The van der Waals surface area contributed by atoms with Gasteiger partial charge in [0.15, 0.2) is 11.7 Å². The van der Waals surface area contributed by atoms with Crippen LogP contribution in [0.2, 0.25) is 0 Å². The lowest BCUT2D eigenvalue weighted by molar-refractivity contribution is 0.379. The molecule has 0 aliphatic rings. The number of benzene rings is 1. The van der Waals surface area contributed by atoms with Crippen molar-refractivity contribution in [2.24, 2.45) is 4.99 Å². The van der Waals surface area contributed by atoms with Gasteiger partial charge in [-0.3, -0.25) is 0 Å². The summed E-state index contributed by atoms with van der Waals surface area (Å²) < 4.78 is 10.5. The third-order valence-electron chi connectivity index (χ3n) is 4.05. The maximum Gasteiger partial charge on any atom is 0.191 e. The van der Waals surface area contributed by atoms with Crippen molar-refractivity contribution in [3.63, 3.8) is 0 Å². The van der Waals surface area contributed by atoms with Crippen LogP contribution in [0.25, 0.3) is 0 Å². The van der Waals surface area contributed by atoms with E-state index >= 15 is 0 Å². The number of methoxy groups -OCH3 is 1. The van der Waals surface area contributed by atoms with Gasteiger partial charge >= 0.3 is 0 Å². The molecule has 142 valence electrons. The van der Waals surface area contributed by atoms with Crippen LogP contribution >= 0.6 is 0 Å². The van der Waals surface area contributed by atoms with E-state index in [1.165, 1.54) is 5.56 Å². The zero-order chi connectivity index (χ0) is 18.6. The van der Waals surface area contributed by atoms with Crippen molar-refractivity contribution in [1.29, 1.82) is 0 Å². The Hall–Kier alpha value is -2.50. The Labute approximate surface area is 156 Å². The van der Waals surface area contributed by atoms with Crippen LogP contribution in [0.4, 0.5) is 0 Å². The van der Waals surface area contributed by atoms with Gasteiger partial charge in [-0.15, -0.1) is 0 Å². The van der Waals surface area contributed by atoms with Gasteiger partial charge in [0.2, 0.25) is 0 Å². The number of nitrogens with one attached hydrogen (secondary N) is 2. The predicted octanol–water partition coefficient (Wildman–Crippen LogP) is 3.32. The summed E-state index contributed by atoms with van der Waals surface area (Å²) in [5, 5.41) is 10.6. The summed E-state index contributed by atoms with van der Waals surface area (Å²) >= 11 is 0. The van der Waals surface area contributed by atoms with Gasteiger partial charge in [0.25, 0.3) is 0 Å². The van der Waals surface area contributed by atoms with Gasteiger partial charge in [-0.2, -0.15) is 0 Å². The maximum atomic E-state index is 5.27. The van der Waals surface area contributed by atoms with E-state index in [1.807, 2.05) is 18.2 Å². The first-order valence-electron chi connectivity index (χ1n) is 9.34. The molecule has 0 aliphatic carbocycles. The maximum absolute atomic E-state index is 5.27. The summed E-state index contributed by atoms with van der Waals surface area (Å²) in [4.78, 5) is 4.55. The molecular weight excluding hydrogens is 328 g/mol. The fourth-order valence-corrected chi connectivity index (χ4v) is 2.55. The first kappa shape index (κ1) is 19.8. The summed E-state index contributed by atoms with van der Waals surface area (Å²) in [6, 6.07) is 10.2. The second kappa shape index (κ2) is 11.2. The number of unbranched alkanes of at least 4 members (excludes halogenated alkanes) is 1. The molecule has 0 fully saturated rings.